The Balaban J connectivity index is 1.52. The van der Waals surface area contributed by atoms with Crippen molar-refractivity contribution in [2.75, 3.05) is 0 Å². The van der Waals surface area contributed by atoms with Gasteiger partial charge in [0.2, 0.25) is 0 Å². The molecule has 0 aliphatic heterocycles. The van der Waals surface area contributed by atoms with Gasteiger partial charge in [-0.1, -0.05) is 61.4 Å². The van der Waals surface area contributed by atoms with Crippen molar-refractivity contribution in [3.63, 3.8) is 0 Å². The number of hydrogen-bond donors (Lipinski definition) is 0. The van der Waals surface area contributed by atoms with Crippen LogP contribution in [0.5, 0.6) is 0 Å². The van der Waals surface area contributed by atoms with Gasteiger partial charge in [-0.15, -0.1) is 0 Å². The maximum absolute atomic E-state index is 13.4. The minimum absolute atomic E-state index is 0.0353. The number of ether oxygens (including phenoxy) is 2. The highest BCUT2D eigenvalue weighted by Crippen LogP contribution is 2.50. The molecule has 0 radical (unpaired) electrons. The van der Waals surface area contributed by atoms with Crippen LogP contribution in [0, 0.1) is 35.5 Å². The van der Waals surface area contributed by atoms with E-state index in [2.05, 4.69) is 38.2 Å². The van der Waals surface area contributed by atoms with E-state index in [0.717, 1.165) is 17.6 Å². The lowest BCUT2D eigenvalue weighted by Crippen LogP contribution is -2.45. The lowest BCUT2D eigenvalue weighted by atomic mass is 9.80. The Kier molecular flexibility index (Phi) is 5.39. The van der Waals surface area contributed by atoms with Gasteiger partial charge in [-0.3, -0.25) is 9.59 Å². The molecule has 8 unspecified atom stereocenters. The van der Waals surface area contributed by atoms with Crippen LogP contribution in [0.15, 0.2) is 59.8 Å². The Hall–Kier alpha value is -2.36. The van der Waals surface area contributed by atoms with Gasteiger partial charge >= 0.3 is 11.9 Å². The predicted octanol–water partition coefficient (Wildman–Crippen LogP) is 5.33. The van der Waals surface area contributed by atoms with Crippen LogP contribution in [0.25, 0.3) is 0 Å². The second-order valence-electron chi connectivity index (χ2n) is 10.3. The Morgan fingerprint density at radius 1 is 0.806 bits per heavy atom. The molecule has 166 valence electrons. The molecule has 31 heavy (non-hydrogen) atoms. The highest BCUT2D eigenvalue weighted by molar-refractivity contribution is 5.85. The van der Waals surface area contributed by atoms with Crippen molar-refractivity contribution in [1.29, 1.82) is 0 Å². The van der Waals surface area contributed by atoms with Crippen molar-refractivity contribution >= 4 is 11.9 Å². The van der Waals surface area contributed by atoms with Crippen molar-refractivity contribution < 1.29 is 19.1 Å². The fraction of sp³-hybridized carbons (Fsp3) is 0.556. The van der Waals surface area contributed by atoms with E-state index in [1.807, 2.05) is 52.0 Å². The van der Waals surface area contributed by atoms with Crippen LogP contribution in [-0.4, -0.2) is 23.1 Å². The summed E-state index contributed by atoms with van der Waals surface area (Å²) in [5.41, 5.74) is 0.923. The molecule has 0 spiro atoms. The third-order valence-corrected chi connectivity index (χ3v) is 7.83. The highest BCUT2D eigenvalue weighted by atomic mass is 16.6. The summed E-state index contributed by atoms with van der Waals surface area (Å²) in [6.45, 7) is 12.1. The van der Waals surface area contributed by atoms with Crippen LogP contribution in [-0.2, 0) is 19.1 Å². The van der Waals surface area contributed by atoms with E-state index < -0.39 is 23.0 Å². The molecule has 0 saturated heterocycles. The van der Waals surface area contributed by atoms with Gasteiger partial charge in [0.25, 0.3) is 0 Å². The molecule has 1 saturated carbocycles. The summed E-state index contributed by atoms with van der Waals surface area (Å²) in [4.78, 5) is 26.8. The smallest absolute Gasteiger partial charge is 0.311 e. The molecule has 0 amide bonds. The fourth-order valence-electron chi connectivity index (χ4n) is 5.42. The number of rotatable bonds is 4. The number of esters is 2. The van der Waals surface area contributed by atoms with Gasteiger partial charge in [0, 0.05) is 11.8 Å². The van der Waals surface area contributed by atoms with Crippen LogP contribution >= 0.6 is 0 Å². The zero-order valence-electron chi connectivity index (χ0n) is 19.4. The van der Waals surface area contributed by atoms with Crippen molar-refractivity contribution in [2.24, 2.45) is 35.5 Å². The van der Waals surface area contributed by atoms with Crippen molar-refractivity contribution in [1.82, 2.24) is 0 Å². The molecule has 0 N–H and O–H groups in total. The van der Waals surface area contributed by atoms with Gasteiger partial charge in [-0.2, -0.15) is 0 Å². The minimum atomic E-state index is -0.703. The van der Waals surface area contributed by atoms with E-state index in [-0.39, 0.29) is 35.6 Å². The Bertz CT molecular complexity index is 861. The van der Waals surface area contributed by atoms with E-state index in [1.165, 1.54) is 0 Å². The first-order chi connectivity index (χ1) is 14.5. The predicted molar refractivity (Wildman–Crippen MR) is 121 cm³/mol. The number of carbonyl (C=O) groups is 2. The average molecular weight is 423 g/mol. The summed E-state index contributed by atoms with van der Waals surface area (Å²) < 4.78 is 12.1. The molecule has 4 heteroatoms. The first-order valence-corrected chi connectivity index (χ1v) is 11.4. The fourth-order valence-corrected chi connectivity index (χ4v) is 5.42. The molecule has 8 atom stereocenters. The number of hydrogen-bond acceptors (Lipinski definition) is 4. The Labute approximate surface area is 185 Å². The highest BCUT2D eigenvalue weighted by Gasteiger charge is 2.55. The molecule has 2 bridgehead atoms. The summed E-state index contributed by atoms with van der Waals surface area (Å²) >= 11 is 0. The van der Waals surface area contributed by atoms with Crippen molar-refractivity contribution in [3.05, 3.63) is 59.8 Å². The summed E-state index contributed by atoms with van der Waals surface area (Å²) in [6, 6.07) is 0. The first kappa shape index (κ1) is 21.9. The van der Waals surface area contributed by atoms with Gasteiger partial charge in [-0.25, -0.2) is 0 Å². The van der Waals surface area contributed by atoms with Crippen LogP contribution in [0.4, 0.5) is 0 Å². The number of fused-ring (bicyclic) bond motifs is 2. The Morgan fingerprint density at radius 2 is 1.19 bits per heavy atom. The third kappa shape index (κ3) is 3.86. The summed E-state index contributed by atoms with van der Waals surface area (Å²) in [5, 5.41) is 0. The molecule has 0 aromatic rings. The third-order valence-electron chi connectivity index (χ3n) is 7.83. The first-order valence-electron chi connectivity index (χ1n) is 11.4. The van der Waals surface area contributed by atoms with Crippen molar-refractivity contribution in [3.8, 4) is 0 Å². The summed E-state index contributed by atoms with van der Waals surface area (Å²) in [5.74, 6) is -1.35. The monoisotopic (exact) mass is 422 g/mol. The van der Waals surface area contributed by atoms with Gasteiger partial charge in [0.15, 0.2) is 0 Å². The summed E-state index contributed by atoms with van der Waals surface area (Å²) in [7, 11) is 0. The maximum atomic E-state index is 13.4. The van der Waals surface area contributed by atoms with Gasteiger partial charge < -0.3 is 9.47 Å². The lowest BCUT2D eigenvalue weighted by molar-refractivity contribution is -0.175. The van der Waals surface area contributed by atoms with E-state index in [4.69, 9.17) is 9.47 Å². The van der Waals surface area contributed by atoms with Crippen LogP contribution < -0.4 is 0 Å². The molecule has 0 aromatic heterocycles. The molecule has 1 fully saturated rings. The van der Waals surface area contributed by atoms with Crippen LogP contribution in [0.2, 0.25) is 0 Å². The molecular weight excluding hydrogens is 388 g/mol. The zero-order valence-corrected chi connectivity index (χ0v) is 19.4. The number of carbonyl (C=O) groups excluding carboxylic acids is 2. The molecule has 4 nitrogen and oxygen atoms in total. The van der Waals surface area contributed by atoms with E-state index in [1.54, 1.807) is 0 Å². The molecule has 4 rings (SSSR count). The average Bonchev–Trinajstić information content (AvgIpc) is 3.30. The normalized spacial score (nSPS) is 42.9. The quantitative estimate of drug-likeness (QED) is 0.454. The second-order valence-corrected chi connectivity index (χ2v) is 10.3. The van der Waals surface area contributed by atoms with E-state index >= 15 is 0 Å². The lowest BCUT2D eigenvalue weighted by Gasteiger charge is -2.38. The topological polar surface area (TPSA) is 52.6 Å². The zero-order chi connectivity index (χ0) is 22.6. The Morgan fingerprint density at radius 3 is 1.55 bits per heavy atom. The minimum Gasteiger partial charge on any atom is -0.454 e. The largest absolute Gasteiger partial charge is 0.454 e. The molecular formula is C27H34O4. The van der Waals surface area contributed by atoms with Gasteiger partial charge in [-0.05, 0) is 58.1 Å². The van der Waals surface area contributed by atoms with Gasteiger partial charge in [0.1, 0.15) is 11.2 Å². The van der Waals surface area contributed by atoms with E-state index in [0.29, 0.717) is 0 Å². The van der Waals surface area contributed by atoms with Crippen molar-refractivity contribution in [2.45, 2.75) is 59.2 Å². The maximum Gasteiger partial charge on any atom is 0.311 e. The van der Waals surface area contributed by atoms with Crippen LogP contribution in [0.3, 0.4) is 0 Å². The summed E-state index contributed by atoms with van der Waals surface area (Å²) in [6.07, 6.45) is 17.1. The second kappa shape index (κ2) is 7.65. The van der Waals surface area contributed by atoms with Crippen LogP contribution in [0.1, 0.15) is 48.0 Å². The van der Waals surface area contributed by atoms with Gasteiger partial charge in [0.05, 0.1) is 11.8 Å². The number of allylic oxidation sites excluding steroid dienone is 6. The molecule has 4 aliphatic carbocycles. The SMILES string of the molecule is CC1=CC(C)C(C)(OC(=O)C2C3C=CC(C3)C2C(=O)OC2(C)C=CC(C)=CC2C)C=C1. The molecule has 0 heterocycles. The molecule has 4 aliphatic rings. The molecule has 0 aromatic carbocycles. The standard InChI is InChI=1S/C27H34O4/c1-16-9-11-26(5,18(3)13-16)30-24(28)22-20-7-8-21(15-20)23(22)25(29)31-27(6)12-10-17(2)14-19(27)4/h7-14,18-23H,15H2,1-6H3. The van der Waals surface area contributed by atoms with E-state index in [9.17, 15) is 9.59 Å².